The molecule has 1 heterocycles. The van der Waals surface area contributed by atoms with Crippen LogP contribution in [0.4, 0.5) is 0 Å². The fraction of sp³-hybridized carbons (Fsp3) is 0.391. The molecule has 2 aliphatic carbocycles. The summed E-state index contributed by atoms with van der Waals surface area (Å²) in [5, 5.41) is 6.82. The Morgan fingerprint density at radius 2 is 2.26 bits per heavy atom. The Bertz CT molecular complexity index is 1050. The van der Waals surface area contributed by atoms with Crippen molar-refractivity contribution in [2.24, 2.45) is 21.6 Å². The molecule has 4 N–H and O–H groups in total. The van der Waals surface area contributed by atoms with E-state index >= 15 is 0 Å². The summed E-state index contributed by atoms with van der Waals surface area (Å²) in [6, 6.07) is 5.86. The molecule has 0 amide bonds. The number of ether oxygens (including phenoxy) is 1. The van der Waals surface area contributed by atoms with Gasteiger partial charge in [0.2, 0.25) is 0 Å². The van der Waals surface area contributed by atoms with E-state index in [4.69, 9.17) is 10.5 Å². The third-order valence-electron chi connectivity index (χ3n) is 5.73. The van der Waals surface area contributed by atoms with Crippen LogP contribution >= 0.6 is 0 Å². The maximum Gasteiger partial charge on any atom is 0.136 e. The number of allylic oxidation sites excluding steroid dienone is 1. The summed E-state index contributed by atoms with van der Waals surface area (Å²) in [4.78, 5) is 9.53. The van der Waals surface area contributed by atoms with E-state index in [1.807, 2.05) is 25.2 Å². The number of hydrogen-bond acceptors (Lipinski definition) is 7. The van der Waals surface area contributed by atoms with Gasteiger partial charge in [0, 0.05) is 52.5 Å². The lowest BCUT2D eigenvalue weighted by molar-refractivity contribution is 0.299. The molecule has 31 heavy (non-hydrogen) atoms. The Kier molecular flexibility index (Phi) is 6.38. The van der Waals surface area contributed by atoms with Gasteiger partial charge in [0.1, 0.15) is 11.6 Å². The van der Waals surface area contributed by atoms with Crippen molar-refractivity contribution in [3.8, 4) is 5.75 Å². The van der Waals surface area contributed by atoms with Gasteiger partial charge in [-0.05, 0) is 49.6 Å². The first-order valence-electron chi connectivity index (χ1n) is 10.4. The molecule has 0 radical (unpaired) electrons. The van der Waals surface area contributed by atoms with Crippen molar-refractivity contribution in [1.29, 1.82) is 0 Å². The van der Waals surface area contributed by atoms with Gasteiger partial charge in [0.25, 0.3) is 0 Å². The second-order valence-corrected chi connectivity index (χ2v) is 9.29. The highest BCUT2D eigenvalue weighted by atomic mass is 32.2. The molecule has 2 atom stereocenters. The molecule has 1 saturated carbocycles. The Morgan fingerprint density at radius 1 is 1.45 bits per heavy atom. The molecular weight excluding hydrogens is 410 g/mol. The Labute approximate surface area is 185 Å². The third-order valence-corrected chi connectivity index (χ3v) is 6.64. The monoisotopic (exact) mass is 439 g/mol. The second-order valence-electron chi connectivity index (χ2n) is 7.91. The van der Waals surface area contributed by atoms with Gasteiger partial charge in [-0.3, -0.25) is 14.2 Å². The quantitative estimate of drug-likeness (QED) is 0.538. The van der Waals surface area contributed by atoms with Crippen molar-refractivity contribution in [2.45, 2.75) is 23.8 Å². The van der Waals surface area contributed by atoms with E-state index in [1.54, 1.807) is 19.5 Å². The molecule has 0 spiro atoms. The minimum atomic E-state index is -1.09. The molecule has 0 aromatic heterocycles. The fourth-order valence-electron chi connectivity index (χ4n) is 3.81. The lowest BCUT2D eigenvalue weighted by Crippen LogP contribution is -2.34. The second kappa shape index (κ2) is 9.20. The first-order chi connectivity index (χ1) is 15.0. The predicted molar refractivity (Wildman–Crippen MR) is 127 cm³/mol. The number of rotatable bonds is 8. The van der Waals surface area contributed by atoms with Gasteiger partial charge in [-0.15, -0.1) is 0 Å². The van der Waals surface area contributed by atoms with Crippen LogP contribution in [0, 0.1) is 5.92 Å². The lowest BCUT2D eigenvalue weighted by atomic mass is 10.0. The predicted octanol–water partition coefficient (Wildman–Crippen LogP) is 2.00. The van der Waals surface area contributed by atoms with Crippen molar-refractivity contribution in [3.63, 3.8) is 0 Å². The summed E-state index contributed by atoms with van der Waals surface area (Å²) in [5.41, 5.74) is 10.6. The van der Waals surface area contributed by atoms with Gasteiger partial charge < -0.3 is 21.1 Å². The minimum absolute atomic E-state index is 0.0556. The highest BCUT2D eigenvalue weighted by molar-refractivity contribution is 7.84. The van der Waals surface area contributed by atoms with E-state index in [0.717, 1.165) is 38.6 Å². The van der Waals surface area contributed by atoms with E-state index in [0.29, 0.717) is 24.9 Å². The maximum atomic E-state index is 12.2. The first-order valence-corrected chi connectivity index (χ1v) is 12.0. The number of nitrogens with two attached hydrogens (primary N) is 1. The van der Waals surface area contributed by atoms with Gasteiger partial charge in [0.05, 0.1) is 30.5 Å². The standard InChI is InChI=1S/C23H29N5O2S/c1-25-11-15(10-24)23-27-12-19-20(26-2)9-18(22(19)28-23)17-8-16(31(3)29)6-7-21(17)30-13-14-4-5-14/h6-11,14,20,26H,4-5,12-13,24H2,1-3H3,(H,27,28). The first kappa shape index (κ1) is 21.5. The van der Waals surface area contributed by atoms with Crippen LogP contribution in [0.3, 0.4) is 0 Å². The summed E-state index contributed by atoms with van der Waals surface area (Å²) in [6.45, 7) is 1.26. The topological polar surface area (TPSA) is 101 Å². The van der Waals surface area contributed by atoms with Crippen LogP contribution in [0.25, 0.3) is 5.57 Å². The van der Waals surface area contributed by atoms with Gasteiger partial charge in [-0.2, -0.15) is 0 Å². The van der Waals surface area contributed by atoms with E-state index < -0.39 is 10.8 Å². The molecular formula is C23H29N5O2S. The highest BCUT2D eigenvalue weighted by Gasteiger charge is 2.32. The van der Waals surface area contributed by atoms with Crippen LogP contribution in [-0.4, -0.2) is 55.8 Å². The van der Waals surface area contributed by atoms with Crippen LogP contribution < -0.4 is 21.1 Å². The third kappa shape index (κ3) is 4.50. The molecule has 0 saturated heterocycles. The molecule has 1 fully saturated rings. The van der Waals surface area contributed by atoms with Gasteiger partial charge >= 0.3 is 0 Å². The van der Waals surface area contributed by atoms with Crippen molar-refractivity contribution in [2.75, 3.05) is 33.5 Å². The number of nitrogens with one attached hydrogen (secondary N) is 2. The Balaban J connectivity index is 1.73. The molecule has 164 valence electrons. The minimum Gasteiger partial charge on any atom is -0.493 e. The molecule has 7 nitrogen and oxygen atoms in total. The summed E-state index contributed by atoms with van der Waals surface area (Å²) in [6.07, 6.45) is 9.51. The van der Waals surface area contributed by atoms with Crippen LogP contribution in [0.15, 0.2) is 62.2 Å². The number of amidine groups is 1. The number of benzene rings is 1. The van der Waals surface area contributed by atoms with E-state index in [1.165, 1.54) is 19.0 Å². The molecule has 4 rings (SSSR count). The van der Waals surface area contributed by atoms with Crippen molar-refractivity contribution in [1.82, 2.24) is 10.6 Å². The smallest absolute Gasteiger partial charge is 0.136 e. The average Bonchev–Trinajstić information content (AvgIpc) is 3.54. The van der Waals surface area contributed by atoms with Crippen molar-refractivity contribution in [3.05, 3.63) is 52.9 Å². The molecule has 1 aliphatic heterocycles. The van der Waals surface area contributed by atoms with E-state index in [-0.39, 0.29) is 6.04 Å². The summed E-state index contributed by atoms with van der Waals surface area (Å²) >= 11 is 0. The van der Waals surface area contributed by atoms with Crippen LogP contribution in [0.2, 0.25) is 0 Å². The van der Waals surface area contributed by atoms with Crippen LogP contribution in [-0.2, 0) is 10.8 Å². The largest absolute Gasteiger partial charge is 0.493 e. The SMILES string of the molecule is CN=CC(=CN)C1=NCC2=C(N1)C(c1cc(S(C)=O)ccc1OCC1CC1)=CC2NC. The summed E-state index contributed by atoms with van der Waals surface area (Å²) in [7, 11) is 2.55. The van der Waals surface area contributed by atoms with Gasteiger partial charge in [-0.1, -0.05) is 6.08 Å². The van der Waals surface area contributed by atoms with Crippen LogP contribution in [0.5, 0.6) is 5.75 Å². The number of aliphatic imine (C=N–C) groups is 2. The number of hydrogen-bond donors (Lipinski definition) is 3. The van der Waals surface area contributed by atoms with Gasteiger partial charge in [0.15, 0.2) is 0 Å². The van der Waals surface area contributed by atoms with Gasteiger partial charge in [-0.25, -0.2) is 0 Å². The maximum absolute atomic E-state index is 12.2. The normalized spacial score (nSPS) is 22.2. The summed E-state index contributed by atoms with van der Waals surface area (Å²) in [5.74, 6) is 2.14. The van der Waals surface area contributed by atoms with E-state index in [9.17, 15) is 4.21 Å². The Morgan fingerprint density at radius 3 is 2.90 bits per heavy atom. The molecule has 3 aliphatic rings. The number of likely N-dealkylation sites (N-methyl/N-ethyl adjacent to an activating group) is 1. The zero-order valence-electron chi connectivity index (χ0n) is 18.1. The van der Waals surface area contributed by atoms with Crippen molar-refractivity contribution >= 4 is 28.4 Å². The van der Waals surface area contributed by atoms with Crippen LogP contribution in [0.1, 0.15) is 18.4 Å². The molecule has 0 bridgehead atoms. The average molecular weight is 440 g/mol. The fourth-order valence-corrected chi connectivity index (χ4v) is 4.35. The zero-order chi connectivity index (χ0) is 22.0. The highest BCUT2D eigenvalue weighted by Crippen LogP contribution is 2.40. The zero-order valence-corrected chi connectivity index (χ0v) is 19.0. The molecule has 1 aromatic carbocycles. The lowest BCUT2D eigenvalue weighted by Gasteiger charge is -2.23. The molecule has 8 heteroatoms. The number of nitrogens with zero attached hydrogens (tertiary/aromatic N) is 2. The Hall–Kier alpha value is -2.71. The molecule has 2 unspecified atom stereocenters. The summed E-state index contributed by atoms with van der Waals surface area (Å²) < 4.78 is 18.4. The molecule has 1 aromatic rings. The van der Waals surface area contributed by atoms with Crippen molar-refractivity contribution < 1.29 is 8.95 Å². The van der Waals surface area contributed by atoms with E-state index in [2.05, 4.69) is 26.7 Å².